The smallest absolute Gasteiger partial charge is 0.263 e. The summed E-state index contributed by atoms with van der Waals surface area (Å²) >= 11 is 1.19. The fourth-order valence-electron chi connectivity index (χ4n) is 2.90. The summed E-state index contributed by atoms with van der Waals surface area (Å²) in [6, 6.07) is 3.38. The lowest BCUT2D eigenvalue weighted by molar-refractivity contribution is 0.0950. The minimum atomic E-state index is -0.601. The fraction of sp³-hybridized carbons (Fsp3) is 0.400. The minimum absolute atomic E-state index is 0.147. The molecule has 0 spiro atoms. The Kier molecular flexibility index (Phi) is 3.50. The molecule has 1 amide bonds. The summed E-state index contributed by atoms with van der Waals surface area (Å²) in [5, 5.41) is 12.8. The van der Waals surface area contributed by atoms with Gasteiger partial charge in [-0.2, -0.15) is 4.39 Å². The Morgan fingerprint density at radius 2 is 2.26 bits per heavy atom. The molecule has 2 N–H and O–H groups in total. The van der Waals surface area contributed by atoms with E-state index < -0.39 is 5.95 Å². The molecule has 0 unspecified atom stereocenters. The number of rotatable bonds is 2. The van der Waals surface area contributed by atoms with Gasteiger partial charge in [0.2, 0.25) is 5.95 Å². The molecule has 23 heavy (non-hydrogen) atoms. The SMILES string of the molecule is O=C1NCCc2nc(-c3ccc(N4CC[C@H](O)C4)nc3F)sc21. The van der Waals surface area contributed by atoms with E-state index in [-0.39, 0.29) is 12.0 Å². The van der Waals surface area contributed by atoms with Crippen molar-refractivity contribution in [2.24, 2.45) is 0 Å². The number of aromatic nitrogens is 2. The summed E-state index contributed by atoms with van der Waals surface area (Å²) in [5.41, 5.74) is 1.03. The zero-order valence-electron chi connectivity index (χ0n) is 12.3. The van der Waals surface area contributed by atoms with Crippen LogP contribution in [0.4, 0.5) is 10.2 Å². The average Bonchev–Trinajstić information content (AvgIpc) is 3.14. The van der Waals surface area contributed by atoms with Gasteiger partial charge >= 0.3 is 0 Å². The van der Waals surface area contributed by atoms with Gasteiger partial charge in [-0.3, -0.25) is 4.79 Å². The second-order valence-corrected chi connectivity index (χ2v) is 6.70. The highest BCUT2D eigenvalue weighted by molar-refractivity contribution is 7.17. The van der Waals surface area contributed by atoms with Crippen molar-refractivity contribution in [3.8, 4) is 10.6 Å². The molecule has 4 rings (SSSR count). The van der Waals surface area contributed by atoms with Gasteiger partial charge in [0.15, 0.2) is 0 Å². The molecule has 6 nitrogen and oxygen atoms in total. The molecule has 4 heterocycles. The second kappa shape index (κ2) is 5.54. The standard InChI is InChI=1S/C15H15FN4O2S/c16-13-9(1-2-11(19-13)20-6-4-8(21)7-20)15-18-10-3-5-17-14(22)12(10)23-15/h1-2,8,21H,3-7H2,(H,17,22)/t8-/m0/s1. The topological polar surface area (TPSA) is 78.4 Å². The third-order valence-electron chi connectivity index (χ3n) is 4.10. The zero-order valence-corrected chi connectivity index (χ0v) is 13.1. The van der Waals surface area contributed by atoms with Gasteiger partial charge in [-0.15, -0.1) is 11.3 Å². The lowest BCUT2D eigenvalue weighted by Crippen LogP contribution is -2.30. The maximum atomic E-state index is 14.4. The predicted octanol–water partition coefficient (Wildman–Crippen LogP) is 1.20. The highest BCUT2D eigenvalue weighted by atomic mass is 32.1. The van der Waals surface area contributed by atoms with Crippen molar-refractivity contribution in [3.63, 3.8) is 0 Å². The Bertz CT molecular complexity index is 779. The molecule has 120 valence electrons. The number of aliphatic hydroxyl groups is 1. The number of pyridine rings is 1. The van der Waals surface area contributed by atoms with E-state index in [2.05, 4.69) is 15.3 Å². The first-order valence-corrected chi connectivity index (χ1v) is 8.31. The van der Waals surface area contributed by atoms with Crippen LogP contribution in [0.5, 0.6) is 0 Å². The Morgan fingerprint density at radius 3 is 2.96 bits per heavy atom. The van der Waals surface area contributed by atoms with Crippen LogP contribution in [0.15, 0.2) is 12.1 Å². The van der Waals surface area contributed by atoms with Gasteiger partial charge in [-0.1, -0.05) is 0 Å². The molecule has 1 saturated heterocycles. The summed E-state index contributed by atoms with van der Waals surface area (Å²) in [7, 11) is 0. The Balaban J connectivity index is 1.66. The summed E-state index contributed by atoms with van der Waals surface area (Å²) in [5.74, 6) is -0.233. The molecular formula is C15H15FN4O2S. The van der Waals surface area contributed by atoms with Gasteiger partial charge in [-0.25, -0.2) is 9.97 Å². The van der Waals surface area contributed by atoms with Crippen LogP contribution in [0.1, 0.15) is 21.8 Å². The van der Waals surface area contributed by atoms with Crippen LogP contribution in [-0.2, 0) is 6.42 Å². The molecule has 1 atom stereocenters. The van der Waals surface area contributed by atoms with Crippen molar-refractivity contribution >= 4 is 23.1 Å². The van der Waals surface area contributed by atoms with Gasteiger partial charge in [0.25, 0.3) is 5.91 Å². The van der Waals surface area contributed by atoms with E-state index in [9.17, 15) is 14.3 Å². The highest BCUT2D eigenvalue weighted by Crippen LogP contribution is 2.32. The Labute approximate surface area is 136 Å². The van der Waals surface area contributed by atoms with Gasteiger partial charge in [-0.05, 0) is 18.6 Å². The number of carbonyl (C=O) groups is 1. The Morgan fingerprint density at radius 1 is 1.39 bits per heavy atom. The first kappa shape index (κ1) is 14.5. The van der Waals surface area contributed by atoms with Crippen LogP contribution in [0, 0.1) is 5.95 Å². The molecule has 8 heteroatoms. The number of amides is 1. The summed E-state index contributed by atoms with van der Waals surface area (Å²) in [6.07, 6.45) is 0.944. The minimum Gasteiger partial charge on any atom is -0.391 e. The third-order valence-corrected chi connectivity index (χ3v) is 5.23. The largest absolute Gasteiger partial charge is 0.391 e. The third kappa shape index (κ3) is 2.57. The van der Waals surface area contributed by atoms with Gasteiger partial charge in [0.1, 0.15) is 15.7 Å². The van der Waals surface area contributed by atoms with E-state index in [1.54, 1.807) is 12.1 Å². The summed E-state index contributed by atoms with van der Waals surface area (Å²) in [4.78, 5) is 22.6. The number of hydrogen-bond donors (Lipinski definition) is 2. The average molecular weight is 334 g/mol. The molecule has 0 aliphatic carbocycles. The zero-order chi connectivity index (χ0) is 16.0. The van der Waals surface area contributed by atoms with Gasteiger partial charge in [0.05, 0.1) is 17.4 Å². The number of anilines is 1. The quantitative estimate of drug-likeness (QED) is 0.807. The van der Waals surface area contributed by atoms with Crippen LogP contribution in [-0.4, -0.2) is 46.7 Å². The molecule has 2 aliphatic heterocycles. The first-order chi connectivity index (χ1) is 11.1. The lowest BCUT2D eigenvalue weighted by atomic mass is 10.2. The molecule has 2 aliphatic rings. The van der Waals surface area contributed by atoms with Crippen molar-refractivity contribution in [2.75, 3.05) is 24.5 Å². The second-order valence-electron chi connectivity index (χ2n) is 5.70. The number of hydrogen-bond acceptors (Lipinski definition) is 6. The number of thiazole rings is 1. The molecule has 0 saturated carbocycles. The number of carbonyl (C=O) groups excluding carboxylic acids is 1. The fourth-order valence-corrected chi connectivity index (χ4v) is 3.94. The van der Waals surface area contributed by atoms with E-state index in [0.29, 0.717) is 53.7 Å². The van der Waals surface area contributed by atoms with Gasteiger partial charge < -0.3 is 15.3 Å². The molecular weight excluding hydrogens is 319 g/mol. The predicted molar refractivity (Wildman–Crippen MR) is 84.2 cm³/mol. The summed E-state index contributed by atoms with van der Waals surface area (Å²) in [6.45, 7) is 1.70. The molecule has 2 aromatic heterocycles. The van der Waals surface area contributed by atoms with Crippen molar-refractivity contribution in [1.82, 2.24) is 15.3 Å². The highest BCUT2D eigenvalue weighted by Gasteiger charge is 2.25. The number of nitrogens with one attached hydrogen (secondary N) is 1. The van der Waals surface area contributed by atoms with E-state index in [0.717, 1.165) is 5.69 Å². The molecule has 2 aromatic rings. The van der Waals surface area contributed by atoms with Crippen molar-refractivity contribution in [3.05, 3.63) is 28.7 Å². The van der Waals surface area contributed by atoms with Gasteiger partial charge in [0, 0.05) is 26.1 Å². The molecule has 0 aromatic carbocycles. The number of halogens is 1. The number of nitrogens with zero attached hydrogens (tertiary/aromatic N) is 3. The maximum absolute atomic E-state index is 14.4. The summed E-state index contributed by atoms with van der Waals surface area (Å²) < 4.78 is 14.4. The number of β-amino-alcohol motifs (C(OH)–C–C–N with tert-alkyl or cyclic N) is 1. The van der Waals surface area contributed by atoms with Crippen molar-refractivity contribution < 1.29 is 14.3 Å². The van der Waals surface area contributed by atoms with E-state index in [1.165, 1.54) is 11.3 Å². The van der Waals surface area contributed by atoms with E-state index >= 15 is 0 Å². The Hall–Kier alpha value is -2.06. The van der Waals surface area contributed by atoms with E-state index in [4.69, 9.17) is 0 Å². The maximum Gasteiger partial charge on any atom is 0.263 e. The number of aliphatic hydroxyl groups excluding tert-OH is 1. The van der Waals surface area contributed by atoms with Crippen LogP contribution < -0.4 is 10.2 Å². The number of fused-ring (bicyclic) bond motifs is 1. The molecule has 0 bridgehead atoms. The lowest BCUT2D eigenvalue weighted by Gasteiger charge is -2.16. The molecule has 0 radical (unpaired) electrons. The van der Waals surface area contributed by atoms with Crippen molar-refractivity contribution in [1.29, 1.82) is 0 Å². The van der Waals surface area contributed by atoms with Crippen molar-refractivity contribution in [2.45, 2.75) is 18.9 Å². The van der Waals surface area contributed by atoms with E-state index in [1.807, 2.05) is 4.90 Å². The monoisotopic (exact) mass is 334 g/mol. The van der Waals surface area contributed by atoms with Crippen LogP contribution >= 0.6 is 11.3 Å². The molecule has 1 fully saturated rings. The first-order valence-electron chi connectivity index (χ1n) is 7.49. The normalized spacial score (nSPS) is 20.5. The van der Waals surface area contributed by atoms with Crippen LogP contribution in [0.3, 0.4) is 0 Å². The van der Waals surface area contributed by atoms with Crippen LogP contribution in [0.2, 0.25) is 0 Å². The van der Waals surface area contributed by atoms with Crippen LogP contribution in [0.25, 0.3) is 10.6 Å².